The lowest BCUT2D eigenvalue weighted by molar-refractivity contribution is -0.386. The summed E-state index contributed by atoms with van der Waals surface area (Å²) in [6.07, 6.45) is 1.28. The number of phenols is 1. The quantitative estimate of drug-likeness (QED) is 0.281. The lowest BCUT2D eigenvalue weighted by Crippen LogP contribution is -2.09. The van der Waals surface area contributed by atoms with Crippen LogP contribution in [0.2, 0.25) is 0 Å². The van der Waals surface area contributed by atoms with Crippen molar-refractivity contribution in [3.8, 4) is 17.6 Å². The van der Waals surface area contributed by atoms with Gasteiger partial charge in [0.1, 0.15) is 11.1 Å². The van der Waals surface area contributed by atoms with Crippen molar-refractivity contribution in [2.24, 2.45) is 5.73 Å². The Hall–Kier alpha value is -2.66. The van der Waals surface area contributed by atoms with Crippen molar-refractivity contribution >= 4 is 29.0 Å². The molecule has 7 nitrogen and oxygen atoms in total. The van der Waals surface area contributed by atoms with E-state index in [-0.39, 0.29) is 21.9 Å². The monoisotopic (exact) mass is 279 g/mol. The van der Waals surface area contributed by atoms with Crippen LogP contribution < -0.4 is 10.5 Å². The lowest BCUT2D eigenvalue weighted by atomic mass is 10.1. The number of thiocarbonyl (C=S) groups is 1. The van der Waals surface area contributed by atoms with Gasteiger partial charge in [-0.2, -0.15) is 5.26 Å². The van der Waals surface area contributed by atoms with E-state index in [0.717, 1.165) is 6.07 Å². The molecule has 0 aliphatic rings. The fourth-order valence-electron chi connectivity index (χ4n) is 1.32. The second kappa shape index (κ2) is 5.79. The minimum Gasteiger partial charge on any atom is -0.500 e. The molecule has 8 heteroatoms. The average Bonchev–Trinajstić information content (AvgIpc) is 2.36. The molecule has 1 aromatic rings. The van der Waals surface area contributed by atoms with E-state index in [2.05, 4.69) is 12.2 Å². The van der Waals surface area contributed by atoms with Crippen LogP contribution in [0.4, 0.5) is 5.69 Å². The van der Waals surface area contributed by atoms with Gasteiger partial charge in [-0.1, -0.05) is 12.2 Å². The third-order valence-corrected chi connectivity index (χ3v) is 2.41. The maximum atomic E-state index is 10.8. The van der Waals surface area contributed by atoms with Crippen molar-refractivity contribution in [2.75, 3.05) is 7.11 Å². The van der Waals surface area contributed by atoms with E-state index >= 15 is 0 Å². The van der Waals surface area contributed by atoms with Gasteiger partial charge >= 0.3 is 5.69 Å². The number of nitriles is 1. The molecule has 0 bridgehead atoms. The van der Waals surface area contributed by atoms with Crippen LogP contribution in [0.25, 0.3) is 6.08 Å². The first-order valence-corrected chi connectivity index (χ1v) is 5.28. The van der Waals surface area contributed by atoms with Gasteiger partial charge in [-0.3, -0.25) is 10.1 Å². The molecule has 0 saturated carbocycles. The minimum atomic E-state index is -0.762. The van der Waals surface area contributed by atoms with E-state index < -0.39 is 16.4 Å². The molecule has 0 spiro atoms. The molecule has 0 saturated heterocycles. The number of hydrogen-bond acceptors (Lipinski definition) is 6. The predicted molar refractivity (Wildman–Crippen MR) is 71.7 cm³/mol. The number of rotatable bonds is 4. The summed E-state index contributed by atoms with van der Waals surface area (Å²) in [5, 5.41) is 29.2. The van der Waals surface area contributed by atoms with Crippen LogP contribution in [0, 0.1) is 21.4 Å². The molecule has 0 amide bonds. The highest BCUT2D eigenvalue weighted by atomic mass is 32.1. The van der Waals surface area contributed by atoms with Gasteiger partial charge in [0.05, 0.1) is 17.6 Å². The molecule has 0 aliphatic carbocycles. The summed E-state index contributed by atoms with van der Waals surface area (Å²) < 4.78 is 4.82. The van der Waals surface area contributed by atoms with Gasteiger partial charge in [0.25, 0.3) is 0 Å². The highest BCUT2D eigenvalue weighted by molar-refractivity contribution is 7.80. The first kappa shape index (κ1) is 14.4. The predicted octanol–water partition coefficient (Wildman–Crippen LogP) is 1.50. The Bertz CT molecular complexity index is 619. The molecule has 0 aromatic heterocycles. The Kier molecular flexibility index (Phi) is 4.39. The Morgan fingerprint density at radius 2 is 2.32 bits per heavy atom. The summed E-state index contributed by atoms with van der Waals surface area (Å²) in [4.78, 5) is 9.90. The number of nitro benzene ring substituents is 1. The van der Waals surface area contributed by atoms with E-state index in [1.165, 1.54) is 19.3 Å². The molecular formula is C11H9N3O4S. The summed E-state index contributed by atoms with van der Waals surface area (Å²) in [5.74, 6) is -0.667. The molecule has 0 fully saturated rings. The number of nitrogens with two attached hydrogens (primary N) is 1. The minimum absolute atomic E-state index is 0.00274. The summed E-state index contributed by atoms with van der Waals surface area (Å²) >= 11 is 4.66. The number of aromatic hydroxyl groups is 1. The molecule has 98 valence electrons. The molecule has 0 atom stereocenters. The van der Waals surface area contributed by atoms with E-state index in [1.807, 2.05) is 0 Å². The summed E-state index contributed by atoms with van der Waals surface area (Å²) in [6, 6.07) is 4.19. The van der Waals surface area contributed by atoms with Gasteiger partial charge in [0.2, 0.25) is 5.75 Å². The number of benzene rings is 1. The van der Waals surface area contributed by atoms with Crippen LogP contribution in [-0.2, 0) is 0 Å². The molecule has 0 aliphatic heterocycles. The summed E-state index contributed by atoms with van der Waals surface area (Å²) in [5.41, 5.74) is 5.05. The van der Waals surface area contributed by atoms with E-state index in [4.69, 9.17) is 15.7 Å². The SMILES string of the molecule is COc1cc(C=C(C#N)C(N)=S)cc([N+](=O)[O-])c1O. The molecule has 0 unspecified atom stereocenters. The third-order valence-electron chi connectivity index (χ3n) is 2.19. The normalized spacial score (nSPS) is 10.6. The molecule has 19 heavy (non-hydrogen) atoms. The van der Waals surface area contributed by atoms with Gasteiger partial charge in [-0.05, 0) is 17.7 Å². The summed E-state index contributed by atoms with van der Waals surface area (Å²) in [7, 11) is 1.26. The Morgan fingerprint density at radius 1 is 1.68 bits per heavy atom. The Morgan fingerprint density at radius 3 is 2.74 bits per heavy atom. The van der Waals surface area contributed by atoms with Gasteiger partial charge < -0.3 is 15.6 Å². The number of phenolic OH excluding ortho intramolecular Hbond substituents is 1. The van der Waals surface area contributed by atoms with E-state index in [0.29, 0.717) is 0 Å². The van der Waals surface area contributed by atoms with Crippen molar-refractivity contribution < 1.29 is 14.8 Å². The van der Waals surface area contributed by atoms with Crippen LogP contribution >= 0.6 is 12.2 Å². The number of methoxy groups -OCH3 is 1. The Labute approximate surface area is 113 Å². The number of ether oxygens (including phenoxy) is 1. The molecule has 3 N–H and O–H groups in total. The summed E-state index contributed by atoms with van der Waals surface area (Å²) in [6.45, 7) is 0. The maximum Gasteiger partial charge on any atom is 0.315 e. The van der Waals surface area contributed by atoms with E-state index in [1.54, 1.807) is 6.07 Å². The zero-order valence-electron chi connectivity index (χ0n) is 9.78. The van der Waals surface area contributed by atoms with Gasteiger partial charge in [-0.15, -0.1) is 0 Å². The van der Waals surface area contributed by atoms with Crippen molar-refractivity contribution in [2.45, 2.75) is 0 Å². The third kappa shape index (κ3) is 3.17. The second-order valence-corrected chi connectivity index (χ2v) is 3.82. The highest BCUT2D eigenvalue weighted by Gasteiger charge is 2.19. The fraction of sp³-hybridized carbons (Fsp3) is 0.0909. The van der Waals surface area contributed by atoms with Crippen LogP contribution in [0.15, 0.2) is 17.7 Å². The number of nitro groups is 1. The van der Waals surface area contributed by atoms with Crippen molar-refractivity contribution in [3.63, 3.8) is 0 Å². The maximum absolute atomic E-state index is 10.8. The zero-order chi connectivity index (χ0) is 14.6. The fourth-order valence-corrected chi connectivity index (χ4v) is 1.42. The lowest BCUT2D eigenvalue weighted by Gasteiger charge is -2.05. The Balaban J connectivity index is 3.47. The van der Waals surface area contributed by atoms with Crippen LogP contribution in [0.3, 0.4) is 0 Å². The average molecular weight is 279 g/mol. The van der Waals surface area contributed by atoms with Crippen molar-refractivity contribution in [3.05, 3.63) is 33.4 Å². The smallest absolute Gasteiger partial charge is 0.315 e. The molecule has 1 aromatic carbocycles. The first-order valence-electron chi connectivity index (χ1n) is 4.87. The van der Waals surface area contributed by atoms with Crippen LogP contribution in [0.1, 0.15) is 5.56 Å². The molecular weight excluding hydrogens is 270 g/mol. The van der Waals surface area contributed by atoms with Crippen molar-refractivity contribution in [1.29, 1.82) is 5.26 Å². The molecule has 0 heterocycles. The van der Waals surface area contributed by atoms with E-state index in [9.17, 15) is 15.2 Å². The largest absolute Gasteiger partial charge is 0.500 e. The zero-order valence-corrected chi connectivity index (χ0v) is 10.6. The number of hydrogen-bond donors (Lipinski definition) is 2. The van der Waals surface area contributed by atoms with Crippen molar-refractivity contribution in [1.82, 2.24) is 0 Å². The highest BCUT2D eigenvalue weighted by Crippen LogP contribution is 2.37. The topological polar surface area (TPSA) is 122 Å². The van der Waals surface area contributed by atoms with Gasteiger partial charge in [0, 0.05) is 6.07 Å². The standard InChI is InChI=1S/C11H9N3O4S/c1-18-9-4-6(2-7(5-12)11(13)19)3-8(10(9)15)14(16)17/h2-4,15H,1H3,(H2,13,19). The second-order valence-electron chi connectivity index (χ2n) is 3.38. The van der Waals surface area contributed by atoms with Gasteiger partial charge in [-0.25, -0.2) is 0 Å². The number of nitrogens with zero attached hydrogens (tertiary/aromatic N) is 2. The molecule has 1 rings (SSSR count). The van der Waals surface area contributed by atoms with Crippen LogP contribution in [0.5, 0.6) is 11.5 Å². The molecule has 0 radical (unpaired) electrons. The first-order chi connectivity index (χ1) is 8.90. The van der Waals surface area contributed by atoms with Crippen LogP contribution in [-0.4, -0.2) is 22.1 Å². The van der Waals surface area contributed by atoms with Gasteiger partial charge in [0.15, 0.2) is 5.75 Å².